The molecule has 0 saturated heterocycles. The quantitative estimate of drug-likeness (QED) is 0.892. The van der Waals surface area contributed by atoms with E-state index in [1.807, 2.05) is 20.8 Å². The van der Waals surface area contributed by atoms with Gasteiger partial charge in [-0.25, -0.2) is 9.18 Å². The van der Waals surface area contributed by atoms with Gasteiger partial charge in [-0.3, -0.25) is 4.79 Å². The Morgan fingerprint density at radius 3 is 2.53 bits per heavy atom. The Bertz CT molecular complexity index is 497. The van der Waals surface area contributed by atoms with Crippen LogP contribution in [-0.4, -0.2) is 27.5 Å². The lowest BCUT2D eigenvalue weighted by Crippen LogP contribution is -2.19. The standard InChI is InChI=1S/C13H16FNO3S/c1-13(2,3)19-7-11(16)15-10-6-8(12(17)18)4-5-9(10)14/h4-6H,7H2,1-3H3,(H,15,16)(H,17,18). The van der Waals surface area contributed by atoms with Crippen LogP contribution in [0.5, 0.6) is 0 Å². The maximum absolute atomic E-state index is 13.5. The van der Waals surface area contributed by atoms with Crippen LogP contribution < -0.4 is 5.32 Å². The van der Waals surface area contributed by atoms with Gasteiger partial charge in [0.15, 0.2) is 0 Å². The first-order valence-corrected chi connectivity index (χ1v) is 6.64. The topological polar surface area (TPSA) is 66.4 Å². The van der Waals surface area contributed by atoms with Crippen LogP contribution in [0.25, 0.3) is 0 Å². The molecule has 0 atom stereocenters. The summed E-state index contributed by atoms with van der Waals surface area (Å²) in [6.07, 6.45) is 0. The number of aromatic carboxylic acids is 1. The zero-order valence-electron chi connectivity index (χ0n) is 11.0. The Morgan fingerprint density at radius 2 is 2.00 bits per heavy atom. The molecule has 1 amide bonds. The summed E-state index contributed by atoms with van der Waals surface area (Å²) in [6, 6.07) is 3.28. The molecule has 104 valence electrons. The predicted molar refractivity (Wildman–Crippen MR) is 74.2 cm³/mol. The van der Waals surface area contributed by atoms with Gasteiger partial charge in [-0.2, -0.15) is 0 Å². The molecule has 6 heteroatoms. The molecule has 1 aromatic rings. The van der Waals surface area contributed by atoms with Gasteiger partial charge in [0.1, 0.15) is 5.82 Å². The third kappa shape index (κ3) is 5.30. The van der Waals surface area contributed by atoms with E-state index in [9.17, 15) is 14.0 Å². The average Bonchev–Trinajstić information content (AvgIpc) is 2.28. The van der Waals surface area contributed by atoms with Crippen molar-refractivity contribution in [2.45, 2.75) is 25.5 Å². The summed E-state index contributed by atoms with van der Waals surface area (Å²) in [5, 5.41) is 11.2. The van der Waals surface area contributed by atoms with Gasteiger partial charge >= 0.3 is 5.97 Å². The van der Waals surface area contributed by atoms with Crippen LogP contribution in [0.3, 0.4) is 0 Å². The van der Waals surface area contributed by atoms with Crippen LogP contribution in [0, 0.1) is 5.82 Å². The van der Waals surface area contributed by atoms with Crippen molar-refractivity contribution in [3.05, 3.63) is 29.6 Å². The molecule has 0 aromatic heterocycles. The van der Waals surface area contributed by atoms with Gasteiger partial charge in [0.05, 0.1) is 17.0 Å². The highest BCUT2D eigenvalue weighted by molar-refractivity contribution is 8.01. The maximum Gasteiger partial charge on any atom is 0.335 e. The second-order valence-corrected chi connectivity index (χ2v) is 6.75. The number of amides is 1. The molecule has 0 aliphatic rings. The van der Waals surface area contributed by atoms with Crippen molar-refractivity contribution in [2.75, 3.05) is 11.1 Å². The number of carboxylic acids is 1. The number of hydrogen-bond acceptors (Lipinski definition) is 3. The fraction of sp³-hybridized carbons (Fsp3) is 0.385. The molecular weight excluding hydrogens is 269 g/mol. The largest absolute Gasteiger partial charge is 0.478 e. The van der Waals surface area contributed by atoms with Crippen LogP contribution in [-0.2, 0) is 4.79 Å². The second kappa shape index (κ2) is 6.06. The van der Waals surface area contributed by atoms with Gasteiger partial charge in [-0.05, 0) is 18.2 Å². The molecule has 0 fully saturated rings. The van der Waals surface area contributed by atoms with E-state index >= 15 is 0 Å². The SMILES string of the molecule is CC(C)(C)SCC(=O)Nc1cc(C(=O)O)ccc1F. The summed E-state index contributed by atoms with van der Waals surface area (Å²) in [6.45, 7) is 5.91. The van der Waals surface area contributed by atoms with Crippen LogP contribution in [0.15, 0.2) is 18.2 Å². The molecule has 0 aliphatic carbocycles. The van der Waals surface area contributed by atoms with E-state index < -0.39 is 11.8 Å². The van der Waals surface area contributed by atoms with Crippen molar-refractivity contribution in [2.24, 2.45) is 0 Å². The number of rotatable bonds is 4. The predicted octanol–water partition coefficient (Wildman–Crippen LogP) is 2.99. The van der Waals surface area contributed by atoms with Gasteiger partial charge in [-0.1, -0.05) is 20.8 Å². The van der Waals surface area contributed by atoms with Crippen molar-refractivity contribution in [1.29, 1.82) is 0 Å². The molecule has 19 heavy (non-hydrogen) atoms. The molecule has 1 rings (SSSR count). The Kier molecular flexibility index (Phi) is 4.94. The first-order valence-electron chi connectivity index (χ1n) is 5.66. The fourth-order valence-corrected chi connectivity index (χ4v) is 1.86. The van der Waals surface area contributed by atoms with E-state index in [0.717, 1.165) is 18.2 Å². The van der Waals surface area contributed by atoms with Gasteiger partial charge in [-0.15, -0.1) is 11.8 Å². The zero-order valence-corrected chi connectivity index (χ0v) is 11.8. The third-order valence-corrected chi connectivity index (χ3v) is 3.40. The zero-order chi connectivity index (χ0) is 14.6. The van der Waals surface area contributed by atoms with Crippen LogP contribution in [0.4, 0.5) is 10.1 Å². The highest BCUT2D eigenvalue weighted by Gasteiger charge is 2.15. The van der Waals surface area contributed by atoms with E-state index in [0.29, 0.717) is 0 Å². The summed E-state index contributed by atoms with van der Waals surface area (Å²) in [5.41, 5.74) is -0.181. The van der Waals surface area contributed by atoms with Crippen molar-refractivity contribution in [1.82, 2.24) is 0 Å². The van der Waals surface area contributed by atoms with Crippen molar-refractivity contribution < 1.29 is 19.1 Å². The first-order chi connectivity index (χ1) is 8.69. The van der Waals surface area contributed by atoms with Gasteiger partial charge < -0.3 is 10.4 Å². The van der Waals surface area contributed by atoms with E-state index in [2.05, 4.69) is 5.32 Å². The number of nitrogens with one attached hydrogen (secondary N) is 1. The summed E-state index contributed by atoms with van der Waals surface area (Å²) in [7, 11) is 0. The van der Waals surface area contributed by atoms with Crippen molar-refractivity contribution in [3.8, 4) is 0 Å². The number of carbonyl (C=O) groups excluding carboxylic acids is 1. The molecule has 1 aromatic carbocycles. The fourth-order valence-electron chi connectivity index (χ4n) is 1.22. The molecule has 0 spiro atoms. The highest BCUT2D eigenvalue weighted by Crippen LogP contribution is 2.23. The number of carbonyl (C=O) groups is 2. The van der Waals surface area contributed by atoms with Gasteiger partial charge in [0.2, 0.25) is 5.91 Å². The van der Waals surface area contributed by atoms with Gasteiger partial charge in [0, 0.05) is 4.75 Å². The lowest BCUT2D eigenvalue weighted by atomic mass is 10.2. The molecule has 0 unspecified atom stereocenters. The number of thioether (sulfide) groups is 1. The van der Waals surface area contributed by atoms with Crippen LogP contribution in [0.1, 0.15) is 31.1 Å². The summed E-state index contributed by atoms with van der Waals surface area (Å²) < 4.78 is 13.4. The normalized spacial score (nSPS) is 11.2. The Labute approximate surface area is 115 Å². The second-order valence-electron chi connectivity index (χ2n) is 4.95. The smallest absolute Gasteiger partial charge is 0.335 e. The van der Waals surface area contributed by atoms with E-state index in [-0.39, 0.29) is 27.7 Å². The number of anilines is 1. The van der Waals surface area contributed by atoms with Crippen molar-refractivity contribution in [3.63, 3.8) is 0 Å². The van der Waals surface area contributed by atoms with Crippen LogP contribution >= 0.6 is 11.8 Å². The molecule has 4 nitrogen and oxygen atoms in total. The number of benzene rings is 1. The minimum atomic E-state index is -1.17. The monoisotopic (exact) mass is 285 g/mol. The lowest BCUT2D eigenvalue weighted by molar-refractivity contribution is -0.113. The number of halogens is 1. The third-order valence-electron chi connectivity index (χ3n) is 2.12. The van der Waals surface area contributed by atoms with Gasteiger partial charge in [0.25, 0.3) is 0 Å². The molecule has 0 aliphatic heterocycles. The number of hydrogen-bond donors (Lipinski definition) is 2. The maximum atomic E-state index is 13.5. The Morgan fingerprint density at radius 1 is 1.37 bits per heavy atom. The molecular formula is C13H16FNO3S. The van der Waals surface area contributed by atoms with Crippen LogP contribution in [0.2, 0.25) is 0 Å². The highest BCUT2D eigenvalue weighted by atomic mass is 32.2. The molecule has 0 radical (unpaired) electrons. The molecule has 0 bridgehead atoms. The number of carboxylic acid groups (broad SMARTS) is 1. The lowest BCUT2D eigenvalue weighted by Gasteiger charge is -2.17. The minimum absolute atomic E-state index is 0.0693. The first kappa shape index (κ1) is 15.5. The summed E-state index contributed by atoms with van der Waals surface area (Å²) in [5.74, 6) is -2.00. The van der Waals surface area contributed by atoms with E-state index in [4.69, 9.17) is 5.11 Å². The van der Waals surface area contributed by atoms with E-state index in [1.54, 1.807) is 0 Å². The Balaban J connectivity index is 2.73. The summed E-state index contributed by atoms with van der Waals surface area (Å²) in [4.78, 5) is 22.4. The van der Waals surface area contributed by atoms with Crippen molar-refractivity contribution >= 4 is 29.3 Å². The summed E-state index contributed by atoms with van der Waals surface area (Å²) >= 11 is 1.43. The molecule has 0 heterocycles. The molecule has 0 saturated carbocycles. The minimum Gasteiger partial charge on any atom is -0.478 e. The Hall–Kier alpha value is -1.56. The molecule has 2 N–H and O–H groups in total. The average molecular weight is 285 g/mol. The van der Waals surface area contributed by atoms with E-state index in [1.165, 1.54) is 11.8 Å².